The zero-order valence-electron chi connectivity index (χ0n) is 11.8. The number of nitrogens with one attached hydrogen (secondary N) is 1. The standard InChI is InChI=1S/C19H14ClNO/c20-17-8-4-7-16(13-17)19(22)21-18-11-9-15(10-12-18)14-5-2-1-3-6-14/h1-13H,(H,21,22). The van der Waals surface area contributed by atoms with E-state index in [4.69, 9.17) is 11.6 Å². The normalized spacial score (nSPS) is 10.2. The Labute approximate surface area is 134 Å². The summed E-state index contributed by atoms with van der Waals surface area (Å²) in [5.41, 5.74) is 3.56. The van der Waals surface area contributed by atoms with Crippen molar-refractivity contribution in [2.45, 2.75) is 0 Å². The lowest BCUT2D eigenvalue weighted by Crippen LogP contribution is -2.11. The third-order valence-electron chi connectivity index (χ3n) is 3.34. The average molecular weight is 308 g/mol. The number of benzene rings is 3. The molecule has 1 N–H and O–H groups in total. The van der Waals surface area contributed by atoms with Gasteiger partial charge in [-0.1, -0.05) is 60.1 Å². The maximum absolute atomic E-state index is 12.2. The zero-order chi connectivity index (χ0) is 15.4. The summed E-state index contributed by atoms with van der Waals surface area (Å²) in [5.74, 6) is -0.171. The van der Waals surface area contributed by atoms with E-state index >= 15 is 0 Å². The molecule has 3 heteroatoms. The van der Waals surface area contributed by atoms with Crippen LogP contribution in [-0.4, -0.2) is 5.91 Å². The second-order valence-corrected chi connectivity index (χ2v) is 5.34. The van der Waals surface area contributed by atoms with Crippen LogP contribution >= 0.6 is 11.6 Å². The van der Waals surface area contributed by atoms with Gasteiger partial charge in [0.15, 0.2) is 0 Å². The predicted molar refractivity (Wildman–Crippen MR) is 91.3 cm³/mol. The van der Waals surface area contributed by atoms with E-state index in [2.05, 4.69) is 17.4 Å². The Morgan fingerprint density at radius 3 is 2.14 bits per heavy atom. The van der Waals surface area contributed by atoms with Crippen molar-refractivity contribution < 1.29 is 4.79 Å². The predicted octanol–water partition coefficient (Wildman–Crippen LogP) is 5.26. The summed E-state index contributed by atoms with van der Waals surface area (Å²) in [6, 6.07) is 24.8. The van der Waals surface area contributed by atoms with Crippen LogP contribution in [0, 0.1) is 0 Å². The topological polar surface area (TPSA) is 29.1 Å². The van der Waals surface area contributed by atoms with Gasteiger partial charge in [0.2, 0.25) is 0 Å². The van der Waals surface area contributed by atoms with Gasteiger partial charge in [0.25, 0.3) is 5.91 Å². The lowest BCUT2D eigenvalue weighted by molar-refractivity contribution is 0.102. The number of anilines is 1. The zero-order valence-corrected chi connectivity index (χ0v) is 12.5. The van der Waals surface area contributed by atoms with E-state index in [1.807, 2.05) is 42.5 Å². The smallest absolute Gasteiger partial charge is 0.255 e. The van der Waals surface area contributed by atoms with Gasteiger partial charge in [0.05, 0.1) is 0 Å². The highest BCUT2D eigenvalue weighted by molar-refractivity contribution is 6.31. The summed E-state index contributed by atoms with van der Waals surface area (Å²) in [5, 5.41) is 3.41. The average Bonchev–Trinajstić information content (AvgIpc) is 2.56. The minimum atomic E-state index is -0.171. The molecule has 0 unspecified atom stereocenters. The van der Waals surface area contributed by atoms with Gasteiger partial charge < -0.3 is 5.32 Å². The Kier molecular flexibility index (Phi) is 4.22. The highest BCUT2D eigenvalue weighted by Gasteiger charge is 2.06. The van der Waals surface area contributed by atoms with Gasteiger partial charge in [-0.2, -0.15) is 0 Å². The first-order valence-corrected chi connectivity index (χ1v) is 7.32. The van der Waals surface area contributed by atoms with Gasteiger partial charge in [-0.15, -0.1) is 0 Å². The highest BCUT2D eigenvalue weighted by atomic mass is 35.5. The van der Waals surface area contributed by atoms with E-state index in [-0.39, 0.29) is 5.91 Å². The maximum Gasteiger partial charge on any atom is 0.255 e. The minimum absolute atomic E-state index is 0.171. The third-order valence-corrected chi connectivity index (χ3v) is 3.57. The maximum atomic E-state index is 12.2. The van der Waals surface area contributed by atoms with Crippen molar-refractivity contribution in [1.29, 1.82) is 0 Å². The molecule has 3 aromatic carbocycles. The van der Waals surface area contributed by atoms with E-state index in [1.165, 1.54) is 0 Å². The van der Waals surface area contributed by atoms with Crippen molar-refractivity contribution >= 4 is 23.2 Å². The number of hydrogen-bond donors (Lipinski definition) is 1. The molecule has 0 heterocycles. The molecule has 0 bridgehead atoms. The van der Waals surface area contributed by atoms with Crippen molar-refractivity contribution in [2.24, 2.45) is 0 Å². The molecule has 0 saturated heterocycles. The largest absolute Gasteiger partial charge is 0.322 e. The van der Waals surface area contributed by atoms with Gasteiger partial charge in [0, 0.05) is 16.3 Å². The third kappa shape index (κ3) is 3.35. The monoisotopic (exact) mass is 307 g/mol. The Morgan fingerprint density at radius 1 is 0.773 bits per heavy atom. The Hall–Kier alpha value is -2.58. The SMILES string of the molecule is O=C(Nc1ccc(-c2ccccc2)cc1)c1cccc(Cl)c1. The van der Waals surface area contributed by atoms with Gasteiger partial charge >= 0.3 is 0 Å². The summed E-state index contributed by atoms with van der Waals surface area (Å²) in [6.45, 7) is 0. The van der Waals surface area contributed by atoms with Crippen LogP contribution in [0.2, 0.25) is 5.02 Å². The van der Waals surface area contributed by atoms with Crippen LogP contribution in [0.25, 0.3) is 11.1 Å². The van der Waals surface area contributed by atoms with E-state index in [1.54, 1.807) is 24.3 Å². The molecule has 0 aliphatic rings. The number of carbonyl (C=O) groups excluding carboxylic acids is 1. The summed E-state index contributed by atoms with van der Waals surface area (Å²) in [6.07, 6.45) is 0. The Morgan fingerprint density at radius 2 is 1.45 bits per heavy atom. The number of amides is 1. The van der Waals surface area contributed by atoms with Gasteiger partial charge in [0.1, 0.15) is 0 Å². The fraction of sp³-hybridized carbons (Fsp3) is 0. The number of hydrogen-bond acceptors (Lipinski definition) is 1. The molecule has 0 saturated carbocycles. The van der Waals surface area contributed by atoms with E-state index in [9.17, 15) is 4.79 Å². The van der Waals surface area contributed by atoms with Crippen molar-refractivity contribution in [1.82, 2.24) is 0 Å². The first-order valence-electron chi connectivity index (χ1n) is 6.95. The molecule has 0 spiro atoms. The van der Waals surface area contributed by atoms with E-state index < -0.39 is 0 Å². The molecule has 0 aliphatic heterocycles. The first kappa shape index (κ1) is 14.4. The van der Waals surface area contributed by atoms with Crippen molar-refractivity contribution in [3.63, 3.8) is 0 Å². The van der Waals surface area contributed by atoms with E-state index in [0.29, 0.717) is 10.6 Å². The minimum Gasteiger partial charge on any atom is -0.322 e. The molecular weight excluding hydrogens is 294 g/mol. The fourth-order valence-electron chi connectivity index (χ4n) is 2.21. The van der Waals surface area contributed by atoms with Crippen LogP contribution in [0.1, 0.15) is 10.4 Å². The number of halogens is 1. The molecule has 22 heavy (non-hydrogen) atoms. The van der Waals surface area contributed by atoms with Crippen molar-refractivity contribution in [3.05, 3.63) is 89.4 Å². The Balaban J connectivity index is 1.75. The molecule has 0 radical (unpaired) electrons. The lowest BCUT2D eigenvalue weighted by Gasteiger charge is -2.07. The molecule has 0 fully saturated rings. The summed E-state index contributed by atoms with van der Waals surface area (Å²) >= 11 is 5.90. The molecule has 1 amide bonds. The molecule has 0 atom stereocenters. The first-order chi connectivity index (χ1) is 10.7. The second-order valence-electron chi connectivity index (χ2n) is 4.91. The van der Waals surface area contributed by atoms with Crippen LogP contribution in [0.4, 0.5) is 5.69 Å². The molecule has 3 rings (SSSR count). The van der Waals surface area contributed by atoms with Crippen LogP contribution in [0.5, 0.6) is 0 Å². The fourth-order valence-corrected chi connectivity index (χ4v) is 2.40. The quantitative estimate of drug-likeness (QED) is 0.702. The van der Waals surface area contributed by atoms with Crippen LogP contribution < -0.4 is 5.32 Å². The highest BCUT2D eigenvalue weighted by Crippen LogP contribution is 2.21. The molecule has 3 aromatic rings. The van der Waals surface area contributed by atoms with Gasteiger partial charge in [-0.3, -0.25) is 4.79 Å². The summed E-state index contributed by atoms with van der Waals surface area (Å²) in [4.78, 5) is 12.2. The Bertz CT molecular complexity index is 782. The van der Waals surface area contributed by atoms with Gasteiger partial charge in [-0.25, -0.2) is 0 Å². The molecule has 108 valence electrons. The van der Waals surface area contributed by atoms with Gasteiger partial charge in [-0.05, 0) is 41.5 Å². The van der Waals surface area contributed by atoms with Crippen LogP contribution in [0.3, 0.4) is 0 Å². The second kappa shape index (κ2) is 6.46. The molecule has 0 aromatic heterocycles. The molecular formula is C19H14ClNO. The van der Waals surface area contributed by atoms with Crippen molar-refractivity contribution in [2.75, 3.05) is 5.32 Å². The summed E-state index contributed by atoms with van der Waals surface area (Å²) in [7, 11) is 0. The molecule has 0 aliphatic carbocycles. The summed E-state index contributed by atoms with van der Waals surface area (Å²) < 4.78 is 0. The van der Waals surface area contributed by atoms with E-state index in [0.717, 1.165) is 16.8 Å². The number of carbonyl (C=O) groups is 1. The lowest BCUT2D eigenvalue weighted by atomic mass is 10.1. The number of rotatable bonds is 3. The van der Waals surface area contributed by atoms with Crippen molar-refractivity contribution in [3.8, 4) is 11.1 Å². The van der Waals surface area contributed by atoms with Crippen LogP contribution in [-0.2, 0) is 0 Å². The van der Waals surface area contributed by atoms with Crippen LogP contribution in [0.15, 0.2) is 78.9 Å². The molecule has 2 nitrogen and oxygen atoms in total.